The van der Waals surface area contributed by atoms with Gasteiger partial charge in [0.1, 0.15) is 11.6 Å². The molecule has 0 atom stereocenters. The fraction of sp³-hybridized carbons (Fsp3) is 0.0714. The van der Waals surface area contributed by atoms with Gasteiger partial charge in [-0.3, -0.25) is 4.79 Å². The highest BCUT2D eigenvalue weighted by Gasteiger charge is 2.13. The molecule has 0 heterocycles. The molecule has 4 N–H and O–H groups in total. The molecule has 0 aliphatic heterocycles. The van der Waals surface area contributed by atoms with Gasteiger partial charge in [0.05, 0.1) is 5.56 Å². The maximum atomic E-state index is 13.1. The largest absolute Gasteiger partial charge is 0.507 e. The van der Waals surface area contributed by atoms with Crippen LogP contribution in [0.15, 0.2) is 36.4 Å². The van der Waals surface area contributed by atoms with Gasteiger partial charge in [0.15, 0.2) is 0 Å². The van der Waals surface area contributed by atoms with Gasteiger partial charge >= 0.3 is 0 Å². The number of nitrogens with two attached hydrogens (primary N) is 1. The van der Waals surface area contributed by atoms with Crippen LogP contribution in [0, 0.1) is 12.7 Å². The fourth-order valence-corrected chi connectivity index (χ4v) is 1.65. The van der Waals surface area contributed by atoms with Crippen LogP contribution < -0.4 is 11.1 Å². The topological polar surface area (TPSA) is 75.3 Å². The van der Waals surface area contributed by atoms with Crippen molar-refractivity contribution >= 4 is 17.3 Å². The van der Waals surface area contributed by atoms with Crippen molar-refractivity contribution in [3.05, 3.63) is 53.3 Å². The third-order valence-corrected chi connectivity index (χ3v) is 2.71. The summed E-state index contributed by atoms with van der Waals surface area (Å²) in [6, 6.07) is 8.27. The van der Waals surface area contributed by atoms with Crippen LogP contribution >= 0.6 is 0 Å². The van der Waals surface area contributed by atoms with Gasteiger partial charge in [0.2, 0.25) is 0 Å². The van der Waals surface area contributed by atoms with E-state index < -0.39 is 11.7 Å². The van der Waals surface area contributed by atoms with Crippen LogP contribution in [0.3, 0.4) is 0 Å². The summed E-state index contributed by atoms with van der Waals surface area (Å²) in [7, 11) is 0. The molecule has 2 aromatic rings. The first-order valence-electron chi connectivity index (χ1n) is 5.63. The Morgan fingerprint density at radius 1 is 1.26 bits per heavy atom. The Hall–Kier alpha value is -2.56. The van der Waals surface area contributed by atoms with Gasteiger partial charge in [-0.1, -0.05) is 6.07 Å². The summed E-state index contributed by atoms with van der Waals surface area (Å²) in [5.74, 6) is -1.46. The van der Waals surface area contributed by atoms with Crippen molar-refractivity contribution in [1.82, 2.24) is 0 Å². The van der Waals surface area contributed by atoms with E-state index in [1.54, 1.807) is 25.1 Å². The molecule has 98 valence electrons. The van der Waals surface area contributed by atoms with Crippen molar-refractivity contribution in [2.24, 2.45) is 0 Å². The van der Waals surface area contributed by atoms with Crippen LogP contribution in [-0.4, -0.2) is 11.0 Å². The number of anilines is 2. The molecule has 1 amide bonds. The third-order valence-electron chi connectivity index (χ3n) is 2.71. The first-order chi connectivity index (χ1) is 8.97. The van der Waals surface area contributed by atoms with Crippen LogP contribution in [-0.2, 0) is 0 Å². The molecule has 0 spiro atoms. The number of carbonyl (C=O) groups is 1. The van der Waals surface area contributed by atoms with E-state index in [2.05, 4.69) is 5.32 Å². The van der Waals surface area contributed by atoms with E-state index in [1.165, 1.54) is 0 Å². The number of aryl methyl sites for hydroxylation is 1. The zero-order chi connectivity index (χ0) is 14.0. The molecule has 19 heavy (non-hydrogen) atoms. The molecule has 0 aliphatic carbocycles. The Morgan fingerprint density at radius 2 is 2.00 bits per heavy atom. The second-order valence-corrected chi connectivity index (χ2v) is 4.19. The van der Waals surface area contributed by atoms with Crippen LogP contribution in [0.2, 0.25) is 0 Å². The monoisotopic (exact) mass is 260 g/mol. The second-order valence-electron chi connectivity index (χ2n) is 4.19. The van der Waals surface area contributed by atoms with Crippen molar-refractivity contribution < 1.29 is 14.3 Å². The van der Waals surface area contributed by atoms with E-state index in [0.717, 1.165) is 23.8 Å². The van der Waals surface area contributed by atoms with E-state index in [0.29, 0.717) is 11.4 Å². The lowest BCUT2D eigenvalue weighted by Gasteiger charge is -2.10. The Morgan fingerprint density at radius 3 is 2.74 bits per heavy atom. The number of hydrogen-bond donors (Lipinski definition) is 3. The lowest BCUT2D eigenvalue weighted by atomic mass is 10.1. The van der Waals surface area contributed by atoms with Crippen LogP contribution in [0.4, 0.5) is 15.8 Å². The normalized spacial score (nSPS) is 10.2. The number of rotatable bonds is 2. The summed E-state index contributed by atoms with van der Waals surface area (Å²) in [6.07, 6.45) is 0. The molecule has 2 aromatic carbocycles. The summed E-state index contributed by atoms with van der Waals surface area (Å²) in [5, 5.41) is 12.1. The van der Waals surface area contributed by atoms with Gasteiger partial charge < -0.3 is 16.2 Å². The summed E-state index contributed by atoms with van der Waals surface area (Å²) in [5.41, 5.74) is 7.36. The number of amides is 1. The first-order valence-corrected chi connectivity index (χ1v) is 5.63. The summed E-state index contributed by atoms with van der Waals surface area (Å²) >= 11 is 0. The fourth-order valence-electron chi connectivity index (χ4n) is 1.65. The summed E-state index contributed by atoms with van der Waals surface area (Å²) < 4.78 is 13.1. The number of phenolic OH excluding ortho intramolecular Hbond substituents is 1. The number of hydrogen-bond acceptors (Lipinski definition) is 3. The molecule has 5 heteroatoms. The van der Waals surface area contributed by atoms with Gasteiger partial charge in [-0.15, -0.1) is 0 Å². The minimum Gasteiger partial charge on any atom is -0.507 e. The van der Waals surface area contributed by atoms with Gasteiger partial charge in [0.25, 0.3) is 5.91 Å². The number of nitrogen functional groups attached to an aromatic ring is 1. The number of phenols is 1. The molecule has 0 aromatic heterocycles. The predicted molar refractivity (Wildman–Crippen MR) is 71.6 cm³/mol. The molecule has 4 nitrogen and oxygen atoms in total. The molecule has 0 aliphatic rings. The second kappa shape index (κ2) is 4.97. The number of carbonyl (C=O) groups excluding carboxylic acids is 1. The number of aromatic hydroxyl groups is 1. The van der Waals surface area contributed by atoms with E-state index in [4.69, 9.17) is 5.73 Å². The first kappa shape index (κ1) is 12.9. The van der Waals surface area contributed by atoms with Crippen molar-refractivity contribution in [1.29, 1.82) is 0 Å². The highest BCUT2D eigenvalue weighted by molar-refractivity contribution is 6.06. The SMILES string of the molecule is Cc1ccc(N)cc1NC(=O)c1cc(F)ccc1O. The Labute approximate surface area is 109 Å². The predicted octanol–water partition coefficient (Wildman–Crippen LogP) is 2.67. The molecule has 0 bridgehead atoms. The zero-order valence-electron chi connectivity index (χ0n) is 10.3. The standard InChI is InChI=1S/C14H13FN2O2/c1-8-2-4-10(16)7-12(8)17-14(19)11-6-9(15)3-5-13(11)18/h2-7,18H,16H2,1H3,(H,17,19). The Balaban J connectivity index is 2.30. The molecule has 2 rings (SSSR count). The van der Waals surface area contributed by atoms with E-state index >= 15 is 0 Å². The third kappa shape index (κ3) is 2.82. The zero-order valence-corrected chi connectivity index (χ0v) is 10.3. The quantitative estimate of drug-likeness (QED) is 0.727. The van der Waals surface area contributed by atoms with Gasteiger partial charge in [-0.25, -0.2) is 4.39 Å². The van der Waals surface area contributed by atoms with Crippen molar-refractivity contribution in [2.45, 2.75) is 6.92 Å². The van der Waals surface area contributed by atoms with E-state index in [1.807, 2.05) is 0 Å². The van der Waals surface area contributed by atoms with E-state index in [-0.39, 0.29) is 11.3 Å². The molecule has 0 radical (unpaired) electrons. The van der Waals surface area contributed by atoms with Crippen LogP contribution in [0.5, 0.6) is 5.75 Å². The Kier molecular flexibility index (Phi) is 3.37. The minimum absolute atomic E-state index is 0.123. The molecule has 0 fully saturated rings. The maximum Gasteiger partial charge on any atom is 0.259 e. The smallest absolute Gasteiger partial charge is 0.259 e. The maximum absolute atomic E-state index is 13.1. The number of halogens is 1. The molecular weight excluding hydrogens is 247 g/mol. The molecule has 0 unspecified atom stereocenters. The van der Waals surface area contributed by atoms with Crippen molar-refractivity contribution in [3.63, 3.8) is 0 Å². The summed E-state index contributed by atoms with van der Waals surface area (Å²) in [6.45, 7) is 1.81. The highest BCUT2D eigenvalue weighted by atomic mass is 19.1. The lowest BCUT2D eigenvalue weighted by molar-refractivity contribution is 0.102. The minimum atomic E-state index is -0.592. The highest BCUT2D eigenvalue weighted by Crippen LogP contribution is 2.22. The van der Waals surface area contributed by atoms with Gasteiger partial charge in [-0.2, -0.15) is 0 Å². The van der Waals surface area contributed by atoms with Crippen LogP contribution in [0.25, 0.3) is 0 Å². The number of nitrogens with one attached hydrogen (secondary N) is 1. The average molecular weight is 260 g/mol. The van der Waals surface area contributed by atoms with Gasteiger partial charge in [-0.05, 0) is 42.8 Å². The van der Waals surface area contributed by atoms with E-state index in [9.17, 15) is 14.3 Å². The van der Waals surface area contributed by atoms with Gasteiger partial charge in [0, 0.05) is 11.4 Å². The lowest BCUT2D eigenvalue weighted by Crippen LogP contribution is -2.13. The van der Waals surface area contributed by atoms with Crippen molar-refractivity contribution in [2.75, 3.05) is 11.1 Å². The molecule has 0 saturated heterocycles. The molecule has 0 saturated carbocycles. The number of benzene rings is 2. The summed E-state index contributed by atoms with van der Waals surface area (Å²) in [4.78, 5) is 12.0. The Bertz CT molecular complexity index is 641. The average Bonchev–Trinajstić information content (AvgIpc) is 2.36. The van der Waals surface area contributed by atoms with Crippen molar-refractivity contribution in [3.8, 4) is 5.75 Å². The molecular formula is C14H13FN2O2. The van der Waals surface area contributed by atoms with Crippen LogP contribution in [0.1, 0.15) is 15.9 Å².